The van der Waals surface area contributed by atoms with Crippen molar-refractivity contribution in [3.63, 3.8) is 0 Å². The van der Waals surface area contributed by atoms with Gasteiger partial charge in [-0.3, -0.25) is 4.79 Å². The molecule has 0 saturated heterocycles. The lowest BCUT2D eigenvalue weighted by molar-refractivity contribution is 0.146. The number of aromatic amines is 1. The normalized spacial score (nSPS) is 12.2. The maximum absolute atomic E-state index is 11.6. The van der Waals surface area contributed by atoms with Crippen LogP contribution >= 0.6 is 23.1 Å². The van der Waals surface area contributed by atoms with Gasteiger partial charge in [0.25, 0.3) is 0 Å². The molecule has 0 saturated carbocycles. The summed E-state index contributed by atoms with van der Waals surface area (Å²) in [4.78, 5) is 26.8. The topological polar surface area (TPSA) is 126 Å². The average molecular weight is 492 g/mol. The number of benzene rings is 2. The number of fused-ring (bicyclic) bond motifs is 1. The van der Waals surface area contributed by atoms with Crippen LogP contribution in [-0.2, 0) is 6.42 Å². The highest BCUT2D eigenvalue weighted by atomic mass is 32.2. The number of hydrogen-bond acceptors (Lipinski definition) is 7. The molecule has 0 spiro atoms. The Morgan fingerprint density at radius 3 is 2.70 bits per heavy atom. The highest BCUT2D eigenvalue weighted by Crippen LogP contribution is 2.31. The fraction of sp³-hybridized carbons (Fsp3) is 0.391. The number of amides is 1. The molecular weight excluding hydrogens is 462 g/mol. The van der Waals surface area contributed by atoms with E-state index in [1.807, 2.05) is 30.3 Å². The number of aromatic nitrogens is 1. The summed E-state index contributed by atoms with van der Waals surface area (Å²) in [6, 6.07) is 13.0. The molecule has 0 bridgehead atoms. The van der Waals surface area contributed by atoms with Gasteiger partial charge in [0, 0.05) is 37.5 Å². The Hall–Kier alpha value is -2.53. The van der Waals surface area contributed by atoms with Crippen LogP contribution in [0.15, 0.2) is 47.3 Å². The van der Waals surface area contributed by atoms with Gasteiger partial charge in [-0.15, -0.1) is 0 Å². The van der Waals surface area contributed by atoms with E-state index in [0.717, 1.165) is 34.8 Å². The zero-order valence-electron chi connectivity index (χ0n) is 18.2. The molecule has 33 heavy (non-hydrogen) atoms. The molecule has 0 aliphatic carbocycles. The van der Waals surface area contributed by atoms with Gasteiger partial charge in [-0.25, -0.2) is 4.79 Å². The van der Waals surface area contributed by atoms with Crippen molar-refractivity contribution in [3.05, 3.63) is 63.3 Å². The van der Waals surface area contributed by atoms with Gasteiger partial charge in [-0.05, 0) is 30.2 Å². The second kappa shape index (κ2) is 12.6. The number of thiazole rings is 1. The number of aliphatic hydroxyl groups excluding tert-OH is 1. The largest absolute Gasteiger partial charge is 0.506 e. The van der Waals surface area contributed by atoms with Crippen LogP contribution in [0.25, 0.3) is 10.2 Å². The van der Waals surface area contributed by atoms with E-state index in [1.165, 1.54) is 11.0 Å². The lowest BCUT2D eigenvalue weighted by Crippen LogP contribution is -2.32. The summed E-state index contributed by atoms with van der Waals surface area (Å²) in [5.41, 5.74) is 2.09. The molecule has 1 amide bonds. The second-order valence-electron chi connectivity index (χ2n) is 7.58. The number of aromatic hydroxyl groups is 1. The molecule has 1 atom stereocenters. The van der Waals surface area contributed by atoms with Gasteiger partial charge < -0.3 is 30.5 Å². The van der Waals surface area contributed by atoms with Crippen LogP contribution in [0.3, 0.4) is 0 Å². The van der Waals surface area contributed by atoms with E-state index in [-0.39, 0.29) is 10.6 Å². The van der Waals surface area contributed by atoms with E-state index in [9.17, 15) is 24.9 Å². The summed E-state index contributed by atoms with van der Waals surface area (Å²) < 4.78 is 0.568. The lowest BCUT2D eigenvalue weighted by Gasteiger charge is -2.19. The summed E-state index contributed by atoms with van der Waals surface area (Å²) in [6.07, 6.45) is -0.188. The highest BCUT2D eigenvalue weighted by molar-refractivity contribution is 7.99. The zero-order valence-corrected chi connectivity index (χ0v) is 19.8. The molecular formula is C23H29N3O5S2. The number of rotatable bonds is 13. The van der Waals surface area contributed by atoms with Crippen molar-refractivity contribution < 1.29 is 20.1 Å². The number of phenols is 1. The number of aliphatic hydroxyl groups is 1. The van der Waals surface area contributed by atoms with Gasteiger partial charge >= 0.3 is 11.0 Å². The molecule has 3 aromatic rings. The smallest absolute Gasteiger partial charge is 0.407 e. The minimum absolute atomic E-state index is 0.00908. The van der Waals surface area contributed by atoms with Gasteiger partial charge in [0.1, 0.15) is 11.3 Å². The van der Waals surface area contributed by atoms with Crippen molar-refractivity contribution in [2.45, 2.75) is 18.9 Å². The number of hydrogen-bond donors (Lipinski definition) is 5. The molecule has 0 fully saturated rings. The first-order valence-corrected chi connectivity index (χ1v) is 12.8. The van der Waals surface area contributed by atoms with Gasteiger partial charge in [0.2, 0.25) is 0 Å². The minimum atomic E-state index is -0.887. The first-order chi connectivity index (χ1) is 16.0. The number of carboxylic acid groups (broad SMARTS) is 1. The molecule has 10 heteroatoms. The van der Waals surface area contributed by atoms with Gasteiger partial charge in [0.15, 0.2) is 0 Å². The molecule has 0 unspecified atom stereocenters. The second-order valence-corrected chi connectivity index (χ2v) is 9.79. The average Bonchev–Trinajstić information content (AvgIpc) is 3.20. The van der Waals surface area contributed by atoms with E-state index in [1.54, 1.807) is 17.8 Å². The Balaban J connectivity index is 1.31. The van der Waals surface area contributed by atoms with Crippen molar-refractivity contribution >= 4 is 39.4 Å². The fourth-order valence-corrected chi connectivity index (χ4v) is 5.21. The van der Waals surface area contributed by atoms with Crippen LogP contribution in [0.5, 0.6) is 5.75 Å². The first-order valence-electron chi connectivity index (χ1n) is 10.8. The molecule has 0 radical (unpaired) electrons. The van der Waals surface area contributed by atoms with Crippen LogP contribution in [0.1, 0.15) is 23.7 Å². The summed E-state index contributed by atoms with van der Waals surface area (Å²) in [7, 11) is 0. The molecule has 3 rings (SSSR count). The van der Waals surface area contributed by atoms with Gasteiger partial charge in [-0.1, -0.05) is 47.7 Å². The third-order valence-corrected chi connectivity index (χ3v) is 7.21. The molecule has 0 aliphatic heterocycles. The van der Waals surface area contributed by atoms with Gasteiger partial charge in [-0.2, -0.15) is 11.8 Å². The quantitative estimate of drug-likeness (QED) is 0.232. The summed E-state index contributed by atoms with van der Waals surface area (Å²) in [5, 5.41) is 32.9. The SMILES string of the molecule is O=C(O)N(CCCSCCNC[C@@H](O)c1ccc(O)c2[nH]c(=O)sc12)CCc1ccccc1. The number of phenolic OH excluding ortho intramolecular Hbond substituents is 1. The summed E-state index contributed by atoms with van der Waals surface area (Å²) in [5.74, 6) is 1.69. The molecule has 5 N–H and O–H groups in total. The lowest BCUT2D eigenvalue weighted by atomic mass is 10.1. The molecule has 2 aromatic carbocycles. The van der Waals surface area contributed by atoms with Crippen LogP contribution in [0.2, 0.25) is 0 Å². The minimum Gasteiger partial charge on any atom is -0.506 e. The van der Waals surface area contributed by atoms with Crippen molar-refractivity contribution in [2.75, 3.05) is 37.7 Å². The van der Waals surface area contributed by atoms with Crippen LogP contribution in [0, 0.1) is 0 Å². The Labute approximate surface area is 200 Å². The van der Waals surface area contributed by atoms with Crippen molar-refractivity contribution in [2.24, 2.45) is 0 Å². The fourth-order valence-electron chi connectivity index (χ4n) is 3.47. The zero-order chi connectivity index (χ0) is 23.6. The van der Waals surface area contributed by atoms with Crippen LogP contribution in [-0.4, -0.2) is 69.0 Å². The standard InChI is InChI=1S/C23H29N3O5S2/c27-18-8-7-17(21-20(18)25-22(29)33-21)19(28)15-24-10-14-32-13-4-11-26(23(30)31)12-9-16-5-2-1-3-6-16/h1-3,5-8,19,24,27-28H,4,9-15H2,(H,25,29)(H,30,31)/t19-/m1/s1. The van der Waals surface area contributed by atoms with Crippen molar-refractivity contribution in [1.29, 1.82) is 0 Å². The van der Waals surface area contributed by atoms with Crippen LogP contribution in [0.4, 0.5) is 4.79 Å². The third-order valence-electron chi connectivity index (χ3n) is 5.21. The Kier molecular flexibility index (Phi) is 9.61. The maximum atomic E-state index is 11.6. The van der Waals surface area contributed by atoms with Crippen molar-refractivity contribution in [1.82, 2.24) is 15.2 Å². The summed E-state index contributed by atoms with van der Waals surface area (Å²) >= 11 is 2.71. The van der Waals surface area contributed by atoms with Crippen LogP contribution < -0.4 is 10.2 Å². The number of thioether (sulfide) groups is 1. The van der Waals surface area contributed by atoms with E-state index >= 15 is 0 Å². The number of carbonyl (C=O) groups is 1. The number of nitrogens with one attached hydrogen (secondary N) is 2. The first kappa shape index (κ1) is 25.1. The summed E-state index contributed by atoms with van der Waals surface area (Å²) in [6.45, 7) is 2.03. The van der Waals surface area contributed by atoms with E-state index in [2.05, 4.69) is 10.3 Å². The predicted octanol–water partition coefficient (Wildman–Crippen LogP) is 3.26. The molecule has 0 aliphatic rings. The third kappa shape index (κ3) is 7.50. The Morgan fingerprint density at radius 1 is 1.15 bits per heavy atom. The molecule has 1 aromatic heterocycles. The monoisotopic (exact) mass is 491 g/mol. The molecule has 178 valence electrons. The van der Waals surface area contributed by atoms with E-state index in [4.69, 9.17) is 0 Å². The Bertz CT molecular complexity index is 1090. The molecule has 1 heterocycles. The number of nitrogens with zero attached hydrogens (tertiary/aromatic N) is 1. The molecule has 8 nitrogen and oxygen atoms in total. The van der Waals surface area contributed by atoms with Gasteiger partial charge in [0.05, 0.1) is 10.8 Å². The predicted molar refractivity (Wildman–Crippen MR) is 134 cm³/mol. The highest BCUT2D eigenvalue weighted by Gasteiger charge is 2.16. The Morgan fingerprint density at radius 2 is 1.94 bits per heavy atom. The van der Waals surface area contributed by atoms with E-state index in [0.29, 0.717) is 48.4 Å². The van der Waals surface area contributed by atoms with E-state index < -0.39 is 12.2 Å². The maximum Gasteiger partial charge on any atom is 0.407 e. The number of H-pyrrole nitrogens is 1. The van der Waals surface area contributed by atoms with Crippen molar-refractivity contribution in [3.8, 4) is 5.75 Å².